The highest BCUT2D eigenvalue weighted by Crippen LogP contribution is 2.07. The SMILES string of the molecule is C=CCC/C=C\CCCCCCCC. The first-order valence-corrected chi connectivity index (χ1v) is 6.17. The van der Waals surface area contributed by atoms with Crippen LogP contribution in [0.4, 0.5) is 0 Å². The first-order valence-electron chi connectivity index (χ1n) is 6.17. The van der Waals surface area contributed by atoms with Gasteiger partial charge in [0, 0.05) is 0 Å². The van der Waals surface area contributed by atoms with Crippen molar-refractivity contribution in [2.24, 2.45) is 0 Å². The lowest BCUT2D eigenvalue weighted by atomic mass is 10.1. The molecule has 0 bridgehead atoms. The molecule has 0 aromatic heterocycles. The zero-order valence-corrected chi connectivity index (χ0v) is 9.80. The zero-order valence-electron chi connectivity index (χ0n) is 9.80. The molecular formula is C14H26. The lowest BCUT2D eigenvalue weighted by Crippen LogP contribution is -1.77. The molecule has 0 rings (SSSR count). The minimum atomic E-state index is 1.12. The molecule has 0 radical (unpaired) electrons. The van der Waals surface area contributed by atoms with Crippen molar-refractivity contribution in [3.05, 3.63) is 24.8 Å². The van der Waals surface area contributed by atoms with Gasteiger partial charge in [0.05, 0.1) is 0 Å². The Labute approximate surface area is 90.1 Å². The summed E-state index contributed by atoms with van der Waals surface area (Å²) in [5.74, 6) is 0. The van der Waals surface area contributed by atoms with Gasteiger partial charge in [-0.3, -0.25) is 0 Å². The number of allylic oxidation sites excluding steroid dienone is 3. The van der Waals surface area contributed by atoms with Crippen LogP contribution < -0.4 is 0 Å². The summed E-state index contributed by atoms with van der Waals surface area (Å²) in [6.45, 7) is 5.97. The molecule has 0 aromatic carbocycles. The molecule has 0 fully saturated rings. The molecule has 0 spiro atoms. The van der Waals surface area contributed by atoms with Crippen molar-refractivity contribution in [1.29, 1.82) is 0 Å². The monoisotopic (exact) mass is 194 g/mol. The number of unbranched alkanes of at least 4 members (excludes halogenated alkanes) is 7. The summed E-state index contributed by atoms with van der Waals surface area (Å²) in [6.07, 6.45) is 18.5. The largest absolute Gasteiger partial charge is 0.103 e. The van der Waals surface area contributed by atoms with Crippen molar-refractivity contribution < 1.29 is 0 Å². The summed E-state index contributed by atoms with van der Waals surface area (Å²) in [7, 11) is 0. The topological polar surface area (TPSA) is 0 Å². The highest BCUT2D eigenvalue weighted by molar-refractivity contribution is 4.84. The maximum absolute atomic E-state index is 3.70. The van der Waals surface area contributed by atoms with Crippen LogP contribution in [-0.2, 0) is 0 Å². The Morgan fingerprint density at radius 1 is 0.786 bits per heavy atom. The third-order valence-electron chi connectivity index (χ3n) is 2.43. The van der Waals surface area contributed by atoms with E-state index in [2.05, 4.69) is 25.7 Å². The molecule has 0 aliphatic rings. The quantitative estimate of drug-likeness (QED) is 0.329. The van der Waals surface area contributed by atoms with E-state index in [1.54, 1.807) is 0 Å². The third kappa shape index (κ3) is 11.5. The summed E-state index contributed by atoms with van der Waals surface area (Å²) in [5, 5.41) is 0. The molecule has 0 unspecified atom stereocenters. The molecule has 0 saturated heterocycles. The molecule has 0 saturated carbocycles. The number of rotatable bonds is 10. The van der Waals surface area contributed by atoms with Gasteiger partial charge in [-0.25, -0.2) is 0 Å². The van der Waals surface area contributed by atoms with Crippen LogP contribution in [0.25, 0.3) is 0 Å². The second-order valence-electron chi connectivity index (χ2n) is 3.89. The highest BCUT2D eigenvalue weighted by atomic mass is 13.9. The lowest BCUT2D eigenvalue weighted by Gasteiger charge is -1.97. The van der Waals surface area contributed by atoms with Crippen LogP contribution in [-0.4, -0.2) is 0 Å². The van der Waals surface area contributed by atoms with Crippen molar-refractivity contribution in [1.82, 2.24) is 0 Å². The van der Waals surface area contributed by atoms with E-state index in [4.69, 9.17) is 0 Å². The number of hydrogen-bond acceptors (Lipinski definition) is 0. The Morgan fingerprint density at radius 2 is 1.43 bits per heavy atom. The van der Waals surface area contributed by atoms with Crippen molar-refractivity contribution in [3.63, 3.8) is 0 Å². The van der Waals surface area contributed by atoms with Gasteiger partial charge in [-0.15, -0.1) is 6.58 Å². The van der Waals surface area contributed by atoms with E-state index in [0.29, 0.717) is 0 Å². The van der Waals surface area contributed by atoms with Gasteiger partial charge in [-0.05, 0) is 25.7 Å². The summed E-state index contributed by atoms with van der Waals surface area (Å²) < 4.78 is 0. The minimum absolute atomic E-state index is 1.12. The predicted molar refractivity (Wildman–Crippen MR) is 66.6 cm³/mol. The molecule has 0 heterocycles. The molecular weight excluding hydrogens is 168 g/mol. The molecule has 0 heteroatoms. The van der Waals surface area contributed by atoms with Crippen LogP contribution in [0.1, 0.15) is 64.7 Å². The Morgan fingerprint density at radius 3 is 2.14 bits per heavy atom. The number of hydrogen-bond donors (Lipinski definition) is 0. The van der Waals surface area contributed by atoms with E-state index in [-0.39, 0.29) is 0 Å². The average molecular weight is 194 g/mol. The van der Waals surface area contributed by atoms with Crippen LogP contribution in [0.5, 0.6) is 0 Å². The Bertz CT molecular complexity index is 133. The fraction of sp³-hybridized carbons (Fsp3) is 0.714. The maximum Gasteiger partial charge on any atom is -0.0316 e. The van der Waals surface area contributed by atoms with E-state index in [0.717, 1.165) is 6.42 Å². The standard InChI is InChI=1S/C14H26/c1-3-5-7-9-11-13-14-12-10-8-6-4-2/h3,9,11H,1,4-8,10,12-14H2,2H3/b11-9-. The maximum atomic E-state index is 3.70. The van der Waals surface area contributed by atoms with Crippen LogP contribution in [0.15, 0.2) is 24.8 Å². The minimum Gasteiger partial charge on any atom is -0.103 e. The molecule has 0 nitrogen and oxygen atoms in total. The molecule has 0 aliphatic heterocycles. The van der Waals surface area contributed by atoms with Crippen LogP contribution in [0, 0.1) is 0 Å². The molecule has 82 valence electrons. The summed E-state index contributed by atoms with van der Waals surface area (Å²) in [5.41, 5.74) is 0. The second-order valence-corrected chi connectivity index (χ2v) is 3.89. The van der Waals surface area contributed by atoms with Crippen LogP contribution in [0.3, 0.4) is 0 Å². The van der Waals surface area contributed by atoms with E-state index >= 15 is 0 Å². The molecule has 0 aliphatic carbocycles. The van der Waals surface area contributed by atoms with E-state index in [9.17, 15) is 0 Å². The predicted octanol–water partition coefficient (Wildman–Crippen LogP) is 5.26. The first-order chi connectivity index (χ1) is 6.91. The van der Waals surface area contributed by atoms with Crippen molar-refractivity contribution in [2.75, 3.05) is 0 Å². The third-order valence-corrected chi connectivity index (χ3v) is 2.43. The fourth-order valence-electron chi connectivity index (χ4n) is 1.49. The highest BCUT2D eigenvalue weighted by Gasteiger charge is 1.87. The zero-order chi connectivity index (χ0) is 10.5. The van der Waals surface area contributed by atoms with E-state index in [1.807, 2.05) is 6.08 Å². The summed E-state index contributed by atoms with van der Waals surface area (Å²) in [4.78, 5) is 0. The molecule has 0 N–H and O–H groups in total. The van der Waals surface area contributed by atoms with Crippen molar-refractivity contribution in [2.45, 2.75) is 64.7 Å². The average Bonchev–Trinajstić information content (AvgIpc) is 2.21. The van der Waals surface area contributed by atoms with Gasteiger partial charge in [0.15, 0.2) is 0 Å². The van der Waals surface area contributed by atoms with Crippen LogP contribution >= 0.6 is 0 Å². The lowest BCUT2D eigenvalue weighted by molar-refractivity contribution is 0.611. The first kappa shape index (κ1) is 13.5. The molecule has 0 aromatic rings. The fourth-order valence-corrected chi connectivity index (χ4v) is 1.49. The Kier molecular flexibility index (Phi) is 12.0. The van der Waals surface area contributed by atoms with Gasteiger partial charge < -0.3 is 0 Å². The van der Waals surface area contributed by atoms with Gasteiger partial charge in [0.1, 0.15) is 0 Å². The molecule has 0 atom stereocenters. The smallest absolute Gasteiger partial charge is 0.0316 e. The Balaban J connectivity index is 2.97. The van der Waals surface area contributed by atoms with Crippen molar-refractivity contribution >= 4 is 0 Å². The Hall–Kier alpha value is -0.520. The summed E-state index contributed by atoms with van der Waals surface area (Å²) >= 11 is 0. The van der Waals surface area contributed by atoms with E-state index < -0.39 is 0 Å². The van der Waals surface area contributed by atoms with Gasteiger partial charge >= 0.3 is 0 Å². The van der Waals surface area contributed by atoms with Gasteiger partial charge in [0.25, 0.3) is 0 Å². The normalized spacial score (nSPS) is 10.9. The second kappa shape index (κ2) is 12.5. The van der Waals surface area contributed by atoms with Crippen molar-refractivity contribution in [3.8, 4) is 0 Å². The van der Waals surface area contributed by atoms with E-state index in [1.165, 1.54) is 51.4 Å². The van der Waals surface area contributed by atoms with Gasteiger partial charge in [-0.2, -0.15) is 0 Å². The summed E-state index contributed by atoms with van der Waals surface area (Å²) in [6, 6.07) is 0. The van der Waals surface area contributed by atoms with Gasteiger partial charge in [-0.1, -0.05) is 57.3 Å². The van der Waals surface area contributed by atoms with Crippen LogP contribution in [0.2, 0.25) is 0 Å². The van der Waals surface area contributed by atoms with Gasteiger partial charge in [0.2, 0.25) is 0 Å². The molecule has 0 amide bonds. The molecule has 14 heavy (non-hydrogen) atoms.